The zero-order valence-corrected chi connectivity index (χ0v) is 11.7. The lowest BCUT2D eigenvalue weighted by atomic mass is 10.1. The van der Waals surface area contributed by atoms with Crippen LogP contribution in [-0.4, -0.2) is 54.8 Å². The van der Waals surface area contributed by atoms with Gasteiger partial charge in [-0.05, 0) is 36.6 Å². The molecule has 1 N–H and O–H groups in total. The van der Waals surface area contributed by atoms with Crippen molar-refractivity contribution in [2.45, 2.75) is 12.8 Å². The maximum Gasteiger partial charge on any atom is 0.254 e. The highest BCUT2D eigenvalue weighted by atomic mass is 16.2. The molecule has 0 radical (unpaired) electrons. The summed E-state index contributed by atoms with van der Waals surface area (Å²) in [6.45, 7) is 2.48. The molecule has 2 heterocycles. The van der Waals surface area contributed by atoms with Gasteiger partial charge < -0.3 is 15.1 Å². The van der Waals surface area contributed by atoms with E-state index in [-0.39, 0.29) is 18.4 Å². The highest BCUT2D eigenvalue weighted by molar-refractivity contribution is 5.97. The highest BCUT2D eigenvalue weighted by Gasteiger charge is 2.24. The van der Waals surface area contributed by atoms with E-state index in [1.54, 1.807) is 16.8 Å². The molecule has 3 rings (SSSR count). The fourth-order valence-corrected chi connectivity index (χ4v) is 2.78. The van der Waals surface area contributed by atoms with Crippen LogP contribution in [0, 0.1) is 0 Å². The molecule has 5 nitrogen and oxygen atoms in total. The Labute approximate surface area is 118 Å². The SMILES string of the molecule is CN1CCCN(C(=O)c2ccc3c(c2)CCN3)CC1=O. The summed E-state index contributed by atoms with van der Waals surface area (Å²) in [6, 6.07) is 5.76. The first-order valence-corrected chi connectivity index (χ1v) is 7.05. The minimum absolute atomic E-state index is 0.0127. The van der Waals surface area contributed by atoms with E-state index in [1.165, 1.54) is 5.56 Å². The maximum absolute atomic E-state index is 12.5. The summed E-state index contributed by atoms with van der Waals surface area (Å²) in [4.78, 5) is 27.8. The van der Waals surface area contributed by atoms with Crippen molar-refractivity contribution in [3.63, 3.8) is 0 Å². The number of fused-ring (bicyclic) bond motifs is 1. The average molecular weight is 273 g/mol. The molecule has 2 amide bonds. The highest BCUT2D eigenvalue weighted by Crippen LogP contribution is 2.23. The zero-order chi connectivity index (χ0) is 14.1. The second-order valence-corrected chi connectivity index (χ2v) is 5.44. The van der Waals surface area contributed by atoms with Gasteiger partial charge in [0.1, 0.15) is 6.54 Å². The first kappa shape index (κ1) is 13.0. The number of rotatable bonds is 1. The van der Waals surface area contributed by atoms with Gasteiger partial charge in [0.25, 0.3) is 5.91 Å². The number of anilines is 1. The molecule has 0 saturated carbocycles. The van der Waals surface area contributed by atoms with Crippen LogP contribution >= 0.6 is 0 Å². The standard InChI is InChI=1S/C15H19N3O2/c1-17-7-2-8-18(10-14(17)19)15(20)12-3-4-13-11(9-12)5-6-16-13/h3-4,9,16H,2,5-8,10H2,1H3. The lowest BCUT2D eigenvalue weighted by Gasteiger charge is -2.20. The van der Waals surface area contributed by atoms with E-state index in [0.29, 0.717) is 12.1 Å². The number of amides is 2. The number of carbonyl (C=O) groups is 2. The molecule has 0 aromatic heterocycles. The largest absolute Gasteiger partial charge is 0.384 e. The van der Waals surface area contributed by atoms with Crippen LogP contribution in [0.15, 0.2) is 18.2 Å². The Morgan fingerprint density at radius 1 is 1.30 bits per heavy atom. The van der Waals surface area contributed by atoms with Crippen LogP contribution in [0.1, 0.15) is 22.3 Å². The van der Waals surface area contributed by atoms with Gasteiger partial charge in [0.15, 0.2) is 0 Å². The second kappa shape index (κ2) is 5.15. The van der Waals surface area contributed by atoms with Crippen molar-refractivity contribution in [2.24, 2.45) is 0 Å². The van der Waals surface area contributed by atoms with Crippen molar-refractivity contribution < 1.29 is 9.59 Å². The van der Waals surface area contributed by atoms with Crippen LogP contribution < -0.4 is 5.32 Å². The number of nitrogens with one attached hydrogen (secondary N) is 1. The van der Waals surface area contributed by atoms with Crippen LogP contribution in [0.3, 0.4) is 0 Å². The van der Waals surface area contributed by atoms with Gasteiger partial charge in [-0.15, -0.1) is 0 Å². The summed E-state index contributed by atoms with van der Waals surface area (Å²) in [5.41, 5.74) is 2.99. The summed E-state index contributed by atoms with van der Waals surface area (Å²) in [7, 11) is 1.79. The molecule has 20 heavy (non-hydrogen) atoms. The van der Waals surface area contributed by atoms with E-state index < -0.39 is 0 Å². The summed E-state index contributed by atoms with van der Waals surface area (Å²) in [5.74, 6) is -0.0259. The molecule has 2 aliphatic rings. The minimum Gasteiger partial charge on any atom is -0.384 e. The average Bonchev–Trinajstić information content (AvgIpc) is 2.85. The molecule has 0 spiro atoms. The predicted molar refractivity (Wildman–Crippen MR) is 76.8 cm³/mol. The molecule has 0 unspecified atom stereocenters. The van der Waals surface area contributed by atoms with Gasteiger partial charge in [0.2, 0.25) is 5.91 Å². The molecular formula is C15H19N3O2. The fraction of sp³-hybridized carbons (Fsp3) is 0.467. The van der Waals surface area contributed by atoms with Crippen molar-refractivity contribution in [3.8, 4) is 0 Å². The van der Waals surface area contributed by atoms with E-state index in [2.05, 4.69) is 5.32 Å². The van der Waals surface area contributed by atoms with Crippen molar-refractivity contribution in [1.29, 1.82) is 0 Å². The van der Waals surface area contributed by atoms with Crippen LogP contribution in [0.2, 0.25) is 0 Å². The lowest BCUT2D eigenvalue weighted by Crippen LogP contribution is -2.38. The van der Waals surface area contributed by atoms with E-state index in [0.717, 1.165) is 31.6 Å². The van der Waals surface area contributed by atoms with Gasteiger partial charge >= 0.3 is 0 Å². The molecule has 0 bridgehead atoms. The van der Waals surface area contributed by atoms with Gasteiger partial charge in [-0.3, -0.25) is 9.59 Å². The van der Waals surface area contributed by atoms with Crippen molar-refractivity contribution >= 4 is 17.5 Å². The van der Waals surface area contributed by atoms with Crippen LogP contribution in [0.4, 0.5) is 5.69 Å². The van der Waals surface area contributed by atoms with Gasteiger partial charge in [-0.1, -0.05) is 0 Å². The lowest BCUT2D eigenvalue weighted by molar-refractivity contribution is -0.129. The zero-order valence-electron chi connectivity index (χ0n) is 11.7. The molecule has 0 aliphatic carbocycles. The van der Waals surface area contributed by atoms with E-state index in [1.807, 2.05) is 18.2 Å². The molecule has 106 valence electrons. The fourth-order valence-electron chi connectivity index (χ4n) is 2.78. The number of hydrogen-bond acceptors (Lipinski definition) is 3. The summed E-state index contributed by atoms with van der Waals surface area (Å²) >= 11 is 0. The van der Waals surface area contributed by atoms with Gasteiger partial charge in [0, 0.05) is 37.9 Å². The van der Waals surface area contributed by atoms with E-state index in [9.17, 15) is 9.59 Å². The Kier molecular flexibility index (Phi) is 3.34. The summed E-state index contributed by atoms with van der Waals surface area (Å²) < 4.78 is 0. The number of carbonyl (C=O) groups excluding carboxylic acids is 2. The topological polar surface area (TPSA) is 52.6 Å². The molecule has 2 aliphatic heterocycles. The Morgan fingerprint density at radius 3 is 3.00 bits per heavy atom. The Morgan fingerprint density at radius 2 is 2.15 bits per heavy atom. The minimum atomic E-state index is -0.0386. The van der Waals surface area contributed by atoms with Crippen molar-refractivity contribution in [3.05, 3.63) is 29.3 Å². The third-order valence-electron chi connectivity index (χ3n) is 4.02. The number of hydrogen-bond donors (Lipinski definition) is 1. The summed E-state index contributed by atoms with van der Waals surface area (Å²) in [6.07, 6.45) is 1.79. The maximum atomic E-state index is 12.5. The Bertz CT molecular complexity index is 556. The normalized spacial score (nSPS) is 18.6. The van der Waals surface area contributed by atoms with E-state index >= 15 is 0 Å². The first-order chi connectivity index (χ1) is 9.65. The smallest absolute Gasteiger partial charge is 0.254 e. The van der Waals surface area contributed by atoms with Gasteiger partial charge in [-0.25, -0.2) is 0 Å². The molecule has 1 aromatic rings. The van der Waals surface area contributed by atoms with E-state index in [4.69, 9.17) is 0 Å². The van der Waals surface area contributed by atoms with Crippen molar-refractivity contribution in [2.75, 3.05) is 38.5 Å². The molecular weight excluding hydrogens is 254 g/mol. The second-order valence-electron chi connectivity index (χ2n) is 5.44. The third kappa shape index (κ3) is 2.35. The predicted octanol–water partition coefficient (Wildman–Crippen LogP) is 0.959. The number of benzene rings is 1. The first-order valence-electron chi connectivity index (χ1n) is 7.05. The van der Waals surface area contributed by atoms with Crippen LogP contribution in [0.5, 0.6) is 0 Å². The molecule has 0 atom stereocenters. The molecule has 5 heteroatoms. The van der Waals surface area contributed by atoms with Crippen LogP contribution in [-0.2, 0) is 11.2 Å². The van der Waals surface area contributed by atoms with Gasteiger partial charge in [-0.2, -0.15) is 0 Å². The molecule has 1 aromatic carbocycles. The quantitative estimate of drug-likeness (QED) is 0.829. The summed E-state index contributed by atoms with van der Waals surface area (Å²) in [5, 5.41) is 3.28. The molecule has 1 saturated heterocycles. The monoisotopic (exact) mass is 273 g/mol. The Hall–Kier alpha value is -2.04. The molecule has 1 fully saturated rings. The number of likely N-dealkylation sites (N-methyl/N-ethyl adjacent to an activating group) is 1. The van der Waals surface area contributed by atoms with Crippen LogP contribution in [0.25, 0.3) is 0 Å². The number of nitrogens with zero attached hydrogens (tertiary/aromatic N) is 2. The van der Waals surface area contributed by atoms with Gasteiger partial charge in [0.05, 0.1) is 0 Å². The van der Waals surface area contributed by atoms with Crippen molar-refractivity contribution in [1.82, 2.24) is 9.80 Å². The Balaban J connectivity index is 1.79. The third-order valence-corrected chi connectivity index (χ3v) is 4.02.